The number of hydrogen-bond acceptors (Lipinski definition) is 6. The monoisotopic (exact) mass is 513 g/mol. The summed E-state index contributed by atoms with van der Waals surface area (Å²) in [5.74, 6) is 2.24. The van der Waals surface area contributed by atoms with Gasteiger partial charge >= 0.3 is 0 Å². The molecule has 1 aliphatic rings. The summed E-state index contributed by atoms with van der Waals surface area (Å²) in [6.45, 7) is 8.01. The number of aryl methyl sites for hydroxylation is 3. The molecule has 0 unspecified atom stereocenters. The first-order valence-electron chi connectivity index (χ1n) is 12.5. The van der Waals surface area contributed by atoms with Crippen LogP contribution in [-0.2, 0) is 13.1 Å². The Labute approximate surface area is 218 Å². The number of ether oxygens (including phenoxy) is 3. The van der Waals surface area contributed by atoms with Gasteiger partial charge in [-0.2, -0.15) is 5.10 Å². The molecule has 0 saturated carbocycles. The molecule has 0 bridgehead atoms. The Morgan fingerprint density at radius 3 is 2.47 bits per heavy atom. The highest BCUT2D eigenvalue weighted by molar-refractivity contribution is 6.32. The van der Waals surface area contributed by atoms with Crippen LogP contribution in [0.4, 0.5) is 0 Å². The molecule has 7 nitrogen and oxygen atoms in total. The molecule has 1 aliphatic heterocycles. The Balaban J connectivity index is 1.24. The number of hydrogen-bond donors (Lipinski definition) is 1. The van der Waals surface area contributed by atoms with Gasteiger partial charge in [0.15, 0.2) is 11.5 Å². The van der Waals surface area contributed by atoms with Crippen LogP contribution in [0.2, 0.25) is 5.02 Å². The summed E-state index contributed by atoms with van der Waals surface area (Å²) in [5, 5.41) is 16.0. The van der Waals surface area contributed by atoms with Crippen LogP contribution in [-0.4, -0.2) is 58.8 Å². The van der Waals surface area contributed by atoms with E-state index in [2.05, 4.69) is 16.1 Å². The van der Waals surface area contributed by atoms with Gasteiger partial charge in [0.2, 0.25) is 0 Å². The molecule has 0 spiro atoms. The van der Waals surface area contributed by atoms with Gasteiger partial charge in [-0.1, -0.05) is 17.7 Å². The van der Waals surface area contributed by atoms with Crippen LogP contribution in [0, 0.1) is 13.8 Å². The van der Waals surface area contributed by atoms with E-state index in [1.807, 2.05) is 55.1 Å². The van der Waals surface area contributed by atoms with Crippen molar-refractivity contribution >= 4 is 11.6 Å². The SMILES string of the molecule is COc1cc(CN2CCC(O)(COc3cc(C)c(Cl)c(C)c3)CC2)ccc1OCCCn1cccn1. The number of methoxy groups -OCH3 is 1. The van der Waals surface area contributed by atoms with Crippen LogP contribution in [0.5, 0.6) is 17.2 Å². The molecule has 1 N–H and O–H groups in total. The Kier molecular flexibility index (Phi) is 8.77. The summed E-state index contributed by atoms with van der Waals surface area (Å²) in [6.07, 6.45) is 5.91. The molecule has 1 aromatic heterocycles. The standard InChI is InChI=1S/C28H36ClN3O4/c1-21-16-24(17-22(2)27(21)29)36-20-28(33)8-13-31(14-9-28)19-23-6-7-25(26(18-23)34-3)35-15-5-12-32-11-4-10-30-32/h4,6-7,10-11,16-18,33H,5,8-9,12-15,19-20H2,1-3H3. The first-order valence-corrected chi connectivity index (χ1v) is 12.8. The molecule has 0 aliphatic carbocycles. The zero-order valence-electron chi connectivity index (χ0n) is 21.4. The number of aliphatic hydroxyl groups is 1. The van der Waals surface area contributed by atoms with Gasteiger partial charge in [-0.15, -0.1) is 0 Å². The van der Waals surface area contributed by atoms with Crippen molar-refractivity contribution in [3.63, 3.8) is 0 Å². The van der Waals surface area contributed by atoms with Gasteiger partial charge in [-0.05, 0) is 73.7 Å². The van der Waals surface area contributed by atoms with Crippen molar-refractivity contribution in [2.24, 2.45) is 0 Å². The lowest BCUT2D eigenvalue weighted by Crippen LogP contribution is -2.47. The molecule has 1 fully saturated rings. The molecule has 1 saturated heterocycles. The van der Waals surface area contributed by atoms with E-state index >= 15 is 0 Å². The third kappa shape index (κ3) is 6.93. The van der Waals surface area contributed by atoms with Crippen LogP contribution >= 0.6 is 11.6 Å². The van der Waals surface area contributed by atoms with E-state index in [4.69, 9.17) is 25.8 Å². The van der Waals surface area contributed by atoms with Gasteiger partial charge in [0.1, 0.15) is 18.0 Å². The normalized spacial score (nSPS) is 15.6. The largest absolute Gasteiger partial charge is 0.493 e. The zero-order valence-corrected chi connectivity index (χ0v) is 22.1. The molecule has 2 aromatic carbocycles. The number of halogens is 1. The molecular formula is C28H36ClN3O4. The van der Waals surface area contributed by atoms with Crippen molar-refractivity contribution in [1.29, 1.82) is 0 Å². The number of piperidine rings is 1. The first-order chi connectivity index (χ1) is 17.3. The lowest BCUT2D eigenvalue weighted by molar-refractivity contribution is -0.0537. The lowest BCUT2D eigenvalue weighted by atomic mass is 9.92. The Hall–Kier alpha value is -2.74. The molecule has 0 radical (unpaired) electrons. The maximum Gasteiger partial charge on any atom is 0.161 e. The van der Waals surface area contributed by atoms with Crippen LogP contribution in [0.3, 0.4) is 0 Å². The van der Waals surface area contributed by atoms with Crippen LogP contribution in [0.25, 0.3) is 0 Å². The second-order valence-corrected chi connectivity index (χ2v) is 9.99. The minimum absolute atomic E-state index is 0.279. The summed E-state index contributed by atoms with van der Waals surface area (Å²) < 4.78 is 19.4. The van der Waals surface area contributed by atoms with E-state index in [1.54, 1.807) is 13.3 Å². The fourth-order valence-corrected chi connectivity index (χ4v) is 4.62. The second-order valence-electron chi connectivity index (χ2n) is 9.62. The summed E-state index contributed by atoms with van der Waals surface area (Å²) in [6, 6.07) is 11.9. The molecule has 0 atom stereocenters. The first kappa shape index (κ1) is 26.3. The van der Waals surface area contributed by atoms with Crippen LogP contribution in [0.15, 0.2) is 48.8 Å². The van der Waals surface area contributed by atoms with Crippen molar-refractivity contribution in [1.82, 2.24) is 14.7 Å². The van der Waals surface area contributed by atoms with Gasteiger partial charge in [0, 0.05) is 50.0 Å². The third-order valence-corrected chi connectivity index (χ3v) is 7.28. The quantitative estimate of drug-likeness (QED) is 0.362. The predicted octanol–water partition coefficient (Wildman–Crippen LogP) is 5.04. The van der Waals surface area contributed by atoms with Gasteiger partial charge in [0.05, 0.1) is 13.7 Å². The summed E-state index contributed by atoms with van der Waals surface area (Å²) in [5.41, 5.74) is 2.29. The average molecular weight is 514 g/mol. The van der Waals surface area contributed by atoms with Crippen LogP contribution < -0.4 is 14.2 Å². The van der Waals surface area contributed by atoms with E-state index in [9.17, 15) is 5.11 Å². The fraction of sp³-hybridized carbons (Fsp3) is 0.464. The Morgan fingerprint density at radius 2 is 1.81 bits per heavy atom. The topological polar surface area (TPSA) is 69.0 Å². The maximum atomic E-state index is 11.1. The molecule has 2 heterocycles. The van der Waals surface area contributed by atoms with E-state index < -0.39 is 5.60 Å². The van der Waals surface area contributed by atoms with Crippen molar-refractivity contribution in [2.75, 3.05) is 33.4 Å². The molecule has 3 aromatic rings. The van der Waals surface area contributed by atoms with Gasteiger partial charge < -0.3 is 19.3 Å². The molecule has 36 heavy (non-hydrogen) atoms. The number of rotatable bonds is 11. The second kappa shape index (κ2) is 12.0. The van der Waals surface area contributed by atoms with E-state index in [0.717, 1.165) is 71.6 Å². The highest BCUT2D eigenvalue weighted by Gasteiger charge is 2.33. The van der Waals surface area contributed by atoms with Crippen molar-refractivity contribution < 1.29 is 19.3 Å². The fourth-order valence-electron chi connectivity index (χ4n) is 4.51. The van der Waals surface area contributed by atoms with E-state index in [0.29, 0.717) is 19.4 Å². The average Bonchev–Trinajstić information content (AvgIpc) is 3.39. The highest BCUT2D eigenvalue weighted by Crippen LogP contribution is 2.31. The van der Waals surface area contributed by atoms with Crippen molar-refractivity contribution in [3.8, 4) is 17.2 Å². The molecule has 8 heteroatoms. The van der Waals surface area contributed by atoms with Gasteiger partial charge in [-0.3, -0.25) is 9.58 Å². The minimum Gasteiger partial charge on any atom is -0.493 e. The maximum absolute atomic E-state index is 11.1. The van der Waals surface area contributed by atoms with E-state index in [-0.39, 0.29) is 6.61 Å². The molecule has 4 rings (SSSR count). The number of aromatic nitrogens is 2. The number of nitrogens with zero attached hydrogens (tertiary/aromatic N) is 3. The van der Waals surface area contributed by atoms with Crippen molar-refractivity contribution in [3.05, 3.63) is 70.5 Å². The van der Waals surface area contributed by atoms with Crippen LogP contribution in [0.1, 0.15) is 36.0 Å². The van der Waals surface area contributed by atoms with Crippen molar-refractivity contribution in [2.45, 2.75) is 51.8 Å². The summed E-state index contributed by atoms with van der Waals surface area (Å²) in [7, 11) is 1.67. The smallest absolute Gasteiger partial charge is 0.161 e. The molecule has 0 amide bonds. The zero-order chi connectivity index (χ0) is 25.5. The predicted molar refractivity (Wildman–Crippen MR) is 141 cm³/mol. The number of likely N-dealkylation sites (tertiary alicyclic amines) is 1. The Bertz CT molecular complexity index is 1100. The minimum atomic E-state index is -0.830. The third-order valence-electron chi connectivity index (χ3n) is 6.69. The number of benzene rings is 2. The van der Waals surface area contributed by atoms with Gasteiger partial charge in [0.25, 0.3) is 0 Å². The summed E-state index contributed by atoms with van der Waals surface area (Å²) >= 11 is 6.25. The highest BCUT2D eigenvalue weighted by atomic mass is 35.5. The Morgan fingerprint density at radius 1 is 1.06 bits per heavy atom. The molecule has 194 valence electrons. The molecular weight excluding hydrogens is 478 g/mol. The van der Waals surface area contributed by atoms with Gasteiger partial charge in [-0.25, -0.2) is 0 Å². The lowest BCUT2D eigenvalue weighted by Gasteiger charge is -2.38. The van der Waals surface area contributed by atoms with E-state index in [1.165, 1.54) is 0 Å². The summed E-state index contributed by atoms with van der Waals surface area (Å²) in [4.78, 5) is 2.35.